The molecule has 1 N–H and O–H groups in total. The van der Waals surface area contributed by atoms with Crippen molar-refractivity contribution in [2.45, 2.75) is 19.6 Å². The summed E-state index contributed by atoms with van der Waals surface area (Å²) in [5.41, 5.74) is 0.998. The number of hydrogen-bond acceptors (Lipinski definition) is 2. The lowest BCUT2D eigenvalue weighted by molar-refractivity contribution is 0.0666. The smallest absolute Gasteiger partial charge is 0.306 e. The number of hydrogen-bond donors (Lipinski definition) is 1. The average Bonchev–Trinajstić information content (AvgIpc) is 2.77. The van der Waals surface area contributed by atoms with Gasteiger partial charge in [-0.2, -0.15) is 8.78 Å². The number of imidazole rings is 1. The second kappa shape index (κ2) is 5.93. The maximum Gasteiger partial charge on any atom is 0.319 e. The van der Waals surface area contributed by atoms with E-state index in [9.17, 15) is 8.78 Å². The second-order valence-electron chi connectivity index (χ2n) is 3.76. The van der Waals surface area contributed by atoms with Crippen molar-refractivity contribution < 1.29 is 8.78 Å². The molecule has 0 atom stereocenters. The third kappa shape index (κ3) is 3.27. The predicted octanol–water partition coefficient (Wildman–Crippen LogP) is 3.22. The van der Waals surface area contributed by atoms with Crippen LogP contribution in [-0.2, 0) is 13.1 Å². The van der Waals surface area contributed by atoms with Gasteiger partial charge in [-0.1, -0.05) is 23.7 Å². The summed E-state index contributed by atoms with van der Waals surface area (Å²) in [6.07, 6.45) is 2.63. The Kier molecular flexibility index (Phi) is 4.28. The third-order valence-electron chi connectivity index (χ3n) is 2.46. The molecule has 2 aromatic rings. The Balaban J connectivity index is 1.90. The third-order valence-corrected chi connectivity index (χ3v) is 2.70. The molecule has 0 aliphatic rings. The number of alkyl halides is 2. The molecule has 6 heteroatoms. The highest BCUT2D eigenvalue weighted by Crippen LogP contribution is 2.13. The average molecular weight is 272 g/mol. The van der Waals surface area contributed by atoms with Crippen LogP contribution in [0.5, 0.6) is 0 Å². The van der Waals surface area contributed by atoms with Crippen molar-refractivity contribution in [1.82, 2.24) is 14.9 Å². The summed E-state index contributed by atoms with van der Waals surface area (Å²) in [4.78, 5) is 3.88. The zero-order valence-corrected chi connectivity index (χ0v) is 10.2. The van der Waals surface area contributed by atoms with Crippen molar-refractivity contribution in [2.75, 3.05) is 0 Å². The van der Waals surface area contributed by atoms with Crippen LogP contribution in [0.2, 0.25) is 5.02 Å². The number of aromatic nitrogens is 2. The number of halogens is 3. The van der Waals surface area contributed by atoms with Gasteiger partial charge >= 0.3 is 6.55 Å². The summed E-state index contributed by atoms with van der Waals surface area (Å²) in [6, 6.07) is 7.38. The van der Waals surface area contributed by atoms with Crippen LogP contribution in [0.1, 0.15) is 17.9 Å². The first-order valence-corrected chi connectivity index (χ1v) is 5.79. The molecular weight excluding hydrogens is 260 g/mol. The molecule has 0 bridgehead atoms. The van der Waals surface area contributed by atoms with E-state index in [4.69, 9.17) is 11.6 Å². The number of nitrogens with one attached hydrogen (secondary N) is 1. The fraction of sp³-hybridized carbons (Fsp3) is 0.250. The van der Waals surface area contributed by atoms with Crippen molar-refractivity contribution in [2.24, 2.45) is 0 Å². The summed E-state index contributed by atoms with van der Waals surface area (Å²) in [6.45, 7) is -1.73. The minimum atomic E-state index is -2.56. The number of rotatable bonds is 5. The molecule has 0 radical (unpaired) electrons. The van der Waals surface area contributed by atoms with Gasteiger partial charge < -0.3 is 5.32 Å². The van der Waals surface area contributed by atoms with Crippen molar-refractivity contribution in [1.29, 1.82) is 0 Å². The van der Waals surface area contributed by atoms with E-state index in [1.165, 1.54) is 12.4 Å². The summed E-state index contributed by atoms with van der Waals surface area (Å²) < 4.78 is 25.9. The normalized spacial score (nSPS) is 11.1. The van der Waals surface area contributed by atoms with Gasteiger partial charge in [-0.15, -0.1) is 0 Å². The van der Waals surface area contributed by atoms with E-state index in [2.05, 4.69) is 10.3 Å². The largest absolute Gasteiger partial charge is 0.319 e. The predicted molar refractivity (Wildman–Crippen MR) is 65.5 cm³/mol. The maximum atomic E-state index is 12.5. The highest BCUT2D eigenvalue weighted by Gasteiger charge is 2.10. The molecule has 0 saturated heterocycles. The lowest BCUT2D eigenvalue weighted by atomic mass is 10.2. The van der Waals surface area contributed by atoms with Gasteiger partial charge in [-0.25, -0.2) is 4.98 Å². The summed E-state index contributed by atoms with van der Waals surface area (Å²) in [5, 5.41) is 3.71. The molecule has 0 saturated carbocycles. The Labute approximate surface area is 108 Å². The minimum absolute atomic E-state index is 0.282. The first-order valence-electron chi connectivity index (χ1n) is 5.42. The lowest BCUT2D eigenvalue weighted by Crippen LogP contribution is -2.16. The van der Waals surface area contributed by atoms with Gasteiger partial charge in [0, 0.05) is 24.0 Å². The fourth-order valence-corrected chi connectivity index (χ4v) is 1.84. The Hall–Kier alpha value is -1.46. The van der Waals surface area contributed by atoms with Gasteiger partial charge in [-0.05, 0) is 17.7 Å². The standard InChI is InChI=1S/C12H12ClF2N3/c13-10-3-1-2-9(6-10)7-16-8-11-17-4-5-18(11)12(14)15/h1-6,12,16H,7-8H2. The van der Waals surface area contributed by atoms with Gasteiger partial charge in [0.25, 0.3) is 0 Å². The summed E-state index contributed by atoms with van der Waals surface area (Å²) in [7, 11) is 0. The van der Waals surface area contributed by atoms with Crippen molar-refractivity contribution >= 4 is 11.6 Å². The molecule has 1 aromatic carbocycles. The first kappa shape index (κ1) is 13.0. The van der Waals surface area contributed by atoms with Crippen LogP contribution in [0.4, 0.5) is 8.78 Å². The molecule has 18 heavy (non-hydrogen) atoms. The zero-order valence-electron chi connectivity index (χ0n) is 9.48. The molecule has 0 fully saturated rings. The molecule has 96 valence electrons. The highest BCUT2D eigenvalue weighted by atomic mass is 35.5. The highest BCUT2D eigenvalue weighted by molar-refractivity contribution is 6.30. The van der Waals surface area contributed by atoms with Crippen molar-refractivity contribution in [3.8, 4) is 0 Å². The maximum absolute atomic E-state index is 12.5. The van der Waals surface area contributed by atoms with E-state index in [0.29, 0.717) is 17.4 Å². The Bertz CT molecular complexity index is 514. The zero-order chi connectivity index (χ0) is 13.0. The van der Waals surface area contributed by atoms with E-state index >= 15 is 0 Å². The molecule has 0 spiro atoms. The molecule has 3 nitrogen and oxygen atoms in total. The van der Waals surface area contributed by atoms with E-state index < -0.39 is 6.55 Å². The Morgan fingerprint density at radius 1 is 1.33 bits per heavy atom. The van der Waals surface area contributed by atoms with Crippen LogP contribution in [0.3, 0.4) is 0 Å². The van der Waals surface area contributed by atoms with Gasteiger partial charge in [-0.3, -0.25) is 4.57 Å². The van der Waals surface area contributed by atoms with Crippen LogP contribution in [0, 0.1) is 0 Å². The summed E-state index contributed by atoms with van der Waals surface area (Å²) in [5.74, 6) is 0.312. The van der Waals surface area contributed by atoms with Crippen molar-refractivity contribution in [3.63, 3.8) is 0 Å². The number of nitrogens with zero attached hydrogens (tertiary/aromatic N) is 2. The fourth-order valence-electron chi connectivity index (χ4n) is 1.62. The first-order chi connectivity index (χ1) is 8.66. The number of benzene rings is 1. The molecule has 0 aliphatic heterocycles. The van der Waals surface area contributed by atoms with Gasteiger partial charge in [0.1, 0.15) is 5.82 Å². The van der Waals surface area contributed by atoms with E-state index in [1.54, 1.807) is 6.07 Å². The minimum Gasteiger partial charge on any atom is -0.306 e. The molecule has 2 rings (SSSR count). The van der Waals surface area contributed by atoms with E-state index in [1.807, 2.05) is 18.2 Å². The van der Waals surface area contributed by atoms with Crippen LogP contribution in [0.15, 0.2) is 36.7 Å². The monoisotopic (exact) mass is 271 g/mol. The molecule has 0 aliphatic carbocycles. The SMILES string of the molecule is FC(F)n1ccnc1CNCc1cccc(Cl)c1. The summed E-state index contributed by atoms with van der Waals surface area (Å²) >= 11 is 5.85. The van der Waals surface area contributed by atoms with Gasteiger partial charge in [0.2, 0.25) is 0 Å². The molecular formula is C12H12ClF2N3. The van der Waals surface area contributed by atoms with Crippen LogP contribution >= 0.6 is 11.6 Å². The van der Waals surface area contributed by atoms with Crippen LogP contribution in [-0.4, -0.2) is 9.55 Å². The van der Waals surface area contributed by atoms with Gasteiger partial charge in [0.05, 0.1) is 6.54 Å². The second-order valence-corrected chi connectivity index (χ2v) is 4.20. The molecule has 1 aromatic heterocycles. The Morgan fingerprint density at radius 2 is 2.17 bits per heavy atom. The quantitative estimate of drug-likeness (QED) is 0.905. The van der Waals surface area contributed by atoms with Crippen LogP contribution in [0.25, 0.3) is 0 Å². The molecule has 1 heterocycles. The lowest BCUT2D eigenvalue weighted by Gasteiger charge is -2.08. The Morgan fingerprint density at radius 3 is 2.89 bits per heavy atom. The van der Waals surface area contributed by atoms with Gasteiger partial charge in [0.15, 0.2) is 0 Å². The van der Waals surface area contributed by atoms with Crippen LogP contribution < -0.4 is 5.32 Å². The molecule has 0 unspecified atom stereocenters. The van der Waals surface area contributed by atoms with Crippen molar-refractivity contribution in [3.05, 3.63) is 53.1 Å². The van der Waals surface area contributed by atoms with E-state index in [-0.39, 0.29) is 6.54 Å². The van der Waals surface area contributed by atoms with E-state index in [0.717, 1.165) is 10.1 Å². The molecule has 0 amide bonds. The topological polar surface area (TPSA) is 29.9 Å².